The van der Waals surface area contributed by atoms with Crippen LogP contribution in [0.3, 0.4) is 0 Å². The minimum Gasteiger partial charge on any atom is -0.381 e. The van der Waals surface area contributed by atoms with Crippen molar-refractivity contribution < 1.29 is 4.79 Å². The van der Waals surface area contributed by atoms with Gasteiger partial charge in [0.2, 0.25) is 5.91 Å². The van der Waals surface area contributed by atoms with Crippen LogP contribution in [0.1, 0.15) is 30.5 Å². The molecule has 25 heavy (non-hydrogen) atoms. The van der Waals surface area contributed by atoms with Gasteiger partial charge < -0.3 is 10.2 Å². The quantitative estimate of drug-likeness (QED) is 0.929. The van der Waals surface area contributed by atoms with Crippen LogP contribution in [0.15, 0.2) is 48.5 Å². The number of nitrogens with one attached hydrogen (secondary N) is 1. The second kappa shape index (κ2) is 6.52. The fourth-order valence-corrected chi connectivity index (χ4v) is 3.99. The molecule has 4 nitrogen and oxygen atoms in total. The van der Waals surface area contributed by atoms with Crippen molar-refractivity contribution in [3.63, 3.8) is 0 Å². The van der Waals surface area contributed by atoms with Gasteiger partial charge in [0, 0.05) is 43.6 Å². The minimum atomic E-state index is 0.177. The predicted molar refractivity (Wildman–Crippen MR) is 102 cm³/mol. The van der Waals surface area contributed by atoms with Crippen LogP contribution >= 0.6 is 0 Å². The van der Waals surface area contributed by atoms with Crippen molar-refractivity contribution in [1.82, 2.24) is 4.90 Å². The Morgan fingerprint density at radius 2 is 1.96 bits per heavy atom. The first-order valence-electron chi connectivity index (χ1n) is 9.07. The summed E-state index contributed by atoms with van der Waals surface area (Å²) in [6.07, 6.45) is 1.66. The summed E-state index contributed by atoms with van der Waals surface area (Å²) in [5.41, 5.74) is 4.68. The number of anilines is 2. The Kier molecular flexibility index (Phi) is 4.22. The highest BCUT2D eigenvalue weighted by Gasteiger charge is 2.28. The average molecular weight is 335 g/mol. The third kappa shape index (κ3) is 3.14. The molecule has 2 heterocycles. The third-order valence-electron chi connectivity index (χ3n) is 5.58. The highest BCUT2D eigenvalue weighted by molar-refractivity contribution is 6.01. The van der Waals surface area contributed by atoms with Gasteiger partial charge in [-0.05, 0) is 42.7 Å². The number of likely N-dealkylation sites (tertiary alicyclic amines) is 1. The topological polar surface area (TPSA) is 35.6 Å². The molecule has 0 aromatic heterocycles. The van der Waals surface area contributed by atoms with Crippen LogP contribution < -0.4 is 10.2 Å². The van der Waals surface area contributed by atoms with Crippen molar-refractivity contribution in [2.24, 2.45) is 0 Å². The van der Waals surface area contributed by atoms with Gasteiger partial charge in [0.15, 0.2) is 0 Å². The summed E-state index contributed by atoms with van der Waals surface area (Å²) in [4.78, 5) is 16.1. The van der Waals surface area contributed by atoms with E-state index in [0.29, 0.717) is 18.5 Å². The normalized spacial score (nSPS) is 21.4. The Balaban J connectivity index is 1.40. The highest BCUT2D eigenvalue weighted by Crippen LogP contribution is 2.31. The first-order chi connectivity index (χ1) is 12.1. The lowest BCUT2D eigenvalue weighted by Gasteiger charge is -2.25. The summed E-state index contributed by atoms with van der Waals surface area (Å²) in [6, 6.07) is 17.9. The molecule has 1 saturated heterocycles. The molecular formula is C21H25N3O. The standard InChI is InChI=1S/C21H25N3O/c1-15(16-6-4-3-5-7-16)24-11-10-19(14-24)22-18-8-9-20-17(12-18)13-21(25)23(20)2/h3-9,12,15,19,22H,10-11,13-14H2,1-2H3. The number of hydrogen-bond acceptors (Lipinski definition) is 3. The monoisotopic (exact) mass is 335 g/mol. The van der Waals surface area contributed by atoms with Gasteiger partial charge in [-0.2, -0.15) is 0 Å². The van der Waals surface area contributed by atoms with E-state index < -0.39 is 0 Å². The average Bonchev–Trinajstić information content (AvgIpc) is 3.20. The van der Waals surface area contributed by atoms with Gasteiger partial charge in [-0.15, -0.1) is 0 Å². The summed E-state index contributed by atoms with van der Waals surface area (Å²) in [5.74, 6) is 0.177. The van der Waals surface area contributed by atoms with Crippen molar-refractivity contribution in [2.75, 3.05) is 30.4 Å². The Morgan fingerprint density at radius 1 is 1.16 bits per heavy atom. The van der Waals surface area contributed by atoms with Crippen molar-refractivity contribution in [3.8, 4) is 0 Å². The maximum absolute atomic E-state index is 11.8. The largest absolute Gasteiger partial charge is 0.381 e. The van der Waals surface area contributed by atoms with Crippen molar-refractivity contribution in [1.29, 1.82) is 0 Å². The molecule has 0 bridgehead atoms. The van der Waals surface area contributed by atoms with Gasteiger partial charge in [-0.1, -0.05) is 30.3 Å². The number of carbonyl (C=O) groups excluding carboxylic acids is 1. The highest BCUT2D eigenvalue weighted by atomic mass is 16.2. The molecule has 0 aliphatic carbocycles. The fourth-order valence-electron chi connectivity index (χ4n) is 3.99. The lowest BCUT2D eigenvalue weighted by atomic mass is 10.1. The summed E-state index contributed by atoms with van der Waals surface area (Å²) in [7, 11) is 1.85. The van der Waals surface area contributed by atoms with E-state index >= 15 is 0 Å². The first-order valence-corrected chi connectivity index (χ1v) is 9.07. The van der Waals surface area contributed by atoms with Gasteiger partial charge in [0.1, 0.15) is 0 Å². The number of nitrogens with zero attached hydrogens (tertiary/aromatic N) is 2. The lowest BCUT2D eigenvalue weighted by Crippen LogP contribution is -2.28. The molecule has 0 radical (unpaired) electrons. The molecule has 2 aromatic carbocycles. The third-order valence-corrected chi connectivity index (χ3v) is 5.58. The van der Waals surface area contributed by atoms with E-state index in [-0.39, 0.29) is 5.91 Å². The maximum atomic E-state index is 11.8. The predicted octanol–water partition coefficient (Wildman–Crippen LogP) is 3.45. The molecule has 1 N–H and O–H groups in total. The zero-order valence-electron chi connectivity index (χ0n) is 14.9. The number of carbonyl (C=O) groups is 1. The second-order valence-electron chi connectivity index (χ2n) is 7.18. The van der Waals surface area contributed by atoms with E-state index in [4.69, 9.17) is 0 Å². The number of benzene rings is 2. The van der Waals surface area contributed by atoms with Crippen molar-refractivity contribution in [3.05, 3.63) is 59.7 Å². The molecule has 0 saturated carbocycles. The summed E-state index contributed by atoms with van der Waals surface area (Å²) in [6.45, 7) is 4.44. The van der Waals surface area contributed by atoms with E-state index in [1.54, 1.807) is 4.90 Å². The van der Waals surface area contributed by atoms with Crippen LogP contribution in [-0.2, 0) is 11.2 Å². The van der Waals surface area contributed by atoms with Crippen LogP contribution in [-0.4, -0.2) is 37.0 Å². The molecule has 2 aliphatic heterocycles. The molecule has 2 aliphatic rings. The number of likely N-dealkylation sites (N-methyl/N-ethyl adjacent to an activating group) is 1. The van der Waals surface area contributed by atoms with Crippen molar-refractivity contribution in [2.45, 2.75) is 31.8 Å². The Hall–Kier alpha value is -2.33. The molecule has 4 heteroatoms. The summed E-state index contributed by atoms with van der Waals surface area (Å²) in [5, 5.41) is 3.67. The Morgan fingerprint density at radius 3 is 2.76 bits per heavy atom. The van der Waals surface area contributed by atoms with Crippen LogP contribution in [0.2, 0.25) is 0 Å². The Bertz CT molecular complexity index is 774. The first kappa shape index (κ1) is 16.2. The van der Waals surface area contributed by atoms with E-state index in [2.05, 4.69) is 65.7 Å². The van der Waals surface area contributed by atoms with Crippen LogP contribution in [0.4, 0.5) is 11.4 Å². The van der Waals surface area contributed by atoms with E-state index in [1.165, 1.54) is 5.56 Å². The molecule has 130 valence electrons. The molecule has 1 amide bonds. The fraction of sp³-hybridized carbons (Fsp3) is 0.381. The SMILES string of the molecule is CC(c1ccccc1)N1CCC(Nc2ccc3c(c2)CC(=O)N3C)C1. The number of amides is 1. The summed E-state index contributed by atoms with van der Waals surface area (Å²) >= 11 is 0. The molecule has 0 spiro atoms. The molecular weight excluding hydrogens is 310 g/mol. The number of rotatable bonds is 4. The zero-order valence-corrected chi connectivity index (χ0v) is 14.9. The molecule has 4 rings (SSSR count). The number of hydrogen-bond donors (Lipinski definition) is 1. The molecule has 2 unspecified atom stereocenters. The lowest BCUT2D eigenvalue weighted by molar-refractivity contribution is -0.117. The van der Waals surface area contributed by atoms with Crippen LogP contribution in [0.5, 0.6) is 0 Å². The maximum Gasteiger partial charge on any atom is 0.231 e. The van der Waals surface area contributed by atoms with Gasteiger partial charge in [0.05, 0.1) is 6.42 Å². The van der Waals surface area contributed by atoms with E-state index in [0.717, 1.165) is 36.4 Å². The zero-order chi connectivity index (χ0) is 17.4. The minimum absolute atomic E-state index is 0.177. The molecule has 1 fully saturated rings. The van der Waals surface area contributed by atoms with Gasteiger partial charge in [0.25, 0.3) is 0 Å². The van der Waals surface area contributed by atoms with E-state index in [1.807, 2.05) is 7.05 Å². The van der Waals surface area contributed by atoms with Gasteiger partial charge >= 0.3 is 0 Å². The van der Waals surface area contributed by atoms with Gasteiger partial charge in [-0.25, -0.2) is 0 Å². The smallest absolute Gasteiger partial charge is 0.231 e. The van der Waals surface area contributed by atoms with Crippen LogP contribution in [0.25, 0.3) is 0 Å². The number of fused-ring (bicyclic) bond motifs is 1. The van der Waals surface area contributed by atoms with Gasteiger partial charge in [-0.3, -0.25) is 9.69 Å². The molecule has 2 atom stereocenters. The van der Waals surface area contributed by atoms with Crippen molar-refractivity contribution >= 4 is 17.3 Å². The molecule has 2 aromatic rings. The second-order valence-corrected chi connectivity index (χ2v) is 7.18. The Labute approximate surface area is 149 Å². The van der Waals surface area contributed by atoms with Crippen LogP contribution in [0, 0.1) is 0 Å². The summed E-state index contributed by atoms with van der Waals surface area (Å²) < 4.78 is 0. The van der Waals surface area contributed by atoms with E-state index in [9.17, 15) is 4.79 Å².